The average molecular weight is 362 g/mol. The number of benzene rings is 2. The van der Waals surface area contributed by atoms with Crippen molar-refractivity contribution in [2.75, 3.05) is 6.54 Å². The maximum Gasteiger partial charge on any atom is 0.240 e. The molecule has 0 atom stereocenters. The van der Waals surface area contributed by atoms with Crippen LogP contribution in [0.1, 0.15) is 18.4 Å². The lowest BCUT2D eigenvalue weighted by Crippen LogP contribution is -2.24. The smallest absolute Gasteiger partial charge is 0.240 e. The van der Waals surface area contributed by atoms with Crippen LogP contribution >= 0.6 is 11.3 Å². The van der Waals surface area contributed by atoms with Gasteiger partial charge in [-0.1, -0.05) is 25.1 Å². The molecule has 1 N–H and O–H groups in total. The summed E-state index contributed by atoms with van der Waals surface area (Å²) in [5, 5.41) is 0.855. The van der Waals surface area contributed by atoms with Crippen molar-refractivity contribution in [1.29, 1.82) is 0 Å². The van der Waals surface area contributed by atoms with Gasteiger partial charge < -0.3 is 4.74 Å². The summed E-state index contributed by atoms with van der Waals surface area (Å²) in [5.74, 6) is 0.508. The van der Waals surface area contributed by atoms with Crippen LogP contribution in [0, 0.1) is 0 Å². The van der Waals surface area contributed by atoms with Gasteiger partial charge in [-0.25, -0.2) is 18.1 Å². The van der Waals surface area contributed by atoms with Crippen LogP contribution in [-0.4, -0.2) is 19.9 Å². The lowest BCUT2D eigenvalue weighted by Gasteiger charge is -2.08. The van der Waals surface area contributed by atoms with Crippen molar-refractivity contribution in [3.63, 3.8) is 0 Å². The summed E-state index contributed by atoms with van der Waals surface area (Å²) in [4.78, 5) is 4.71. The minimum absolute atomic E-state index is 0.206. The van der Waals surface area contributed by atoms with Crippen molar-refractivity contribution in [3.05, 3.63) is 53.5 Å². The fourth-order valence-corrected chi connectivity index (χ4v) is 4.23. The third-order valence-electron chi connectivity index (χ3n) is 3.36. The highest BCUT2D eigenvalue weighted by molar-refractivity contribution is 7.89. The second kappa shape index (κ2) is 7.29. The van der Waals surface area contributed by atoms with E-state index in [2.05, 4.69) is 9.71 Å². The molecule has 5 nitrogen and oxygen atoms in total. The summed E-state index contributed by atoms with van der Waals surface area (Å²) < 4.78 is 33.7. The molecule has 2 aromatic carbocycles. The van der Waals surface area contributed by atoms with Gasteiger partial charge in [0.15, 0.2) is 0 Å². The number of fused-ring (bicyclic) bond motifs is 1. The van der Waals surface area contributed by atoms with E-state index < -0.39 is 10.0 Å². The number of nitrogens with one attached hydrogen (secondary N) is 1. The Hall–Kier alpha value is -1.96. The van der Waals surface area contributed by atoms with Gasteiger partial charge in [0, 0.05) is 12.6 Å². The van der Waals surface area contributed by atoms with Crippen LogP contribution in [0.15, 0.2) is 53.4 Å². The molecule has 0 aliphatic rings. The highest BCUT2D eigenvalue weighted by Crippen LogP contribution is 2.24. The van der Waals surface area contributed by atoms with E-state index in [0.29, 0.717) is 18.9 Å². The Morgan fingerprint density at radius 3 is 2.79 bits per heavy atom. The number of hydrogen-bond donors (Lipinski definition) is 1. The van der Waals surface area contributed by atoms with Gasteiger partial charge in [-0.2, -0.15) is 0 Å². The molecule has 0 saturated heterocycles. The number of aromatic nitrogens is 1. The van der Waals surface area contributed by atoms with Gasteiger partial charge in [0.05, 0.1) is 15.1 Å². The van der Waals surface area contributed by atoms with Crippen molar-refractivity contribution in [1.82, 2.24) is 9.71 Å². The molecule has 24 heavy (non-hydrogen) atoms. The fraction of sp³-hybridized carbons (Fsp3) is 0.235. The lowest BCUT2D eigenvalue weighted by molar-refractivity contribution is 0.305. The Morgan fingerprint density at radius 2 is 2.00 bits per heavy atom. The molecule has 0 amide bonds. The van der Waals surface area contributed by atoms with Crippen LogP contribution in [0.3, 0.4) is 0 Å². The third-order valence-corrected chi connectivity index (χ3v) is 5.83. The molecule has 126 valence electrons. The molecule has 3 aromatic rings. The Labute approximate surface area is 145 Å². The number of hydrogen-bond acceptors (Lipinski definition) is 5. The van der Waals surface area contributed by atoms with Gasteiger partial charge in [-0.05, 0) is 30.7 Å². The Morgan fingerprint density at radius 1 is 1.17 bits per heavy atom. The SMILES string of the molecule is CCCNS(=O)(=O)c1cccc(OCc2nc3ccccc3s2)c1. The molecular formula is C17H18N2O3S2. The Balaban J connectivity index is 1.72. The van der Waals surface area contributed by atoms with Crippen LogP contribution < -0.4 is 9.46 Å². The van der Waals surface area contributed by atoms with Gasteiger partial charge in [0.1, 0.15) is 17.4 Å². The molecule has 7 heteroatoms. The molecule has 1 aromatic heterocycles. The van der Waals surface area contributed by atoms with Crippen LogP contribution in [-0.2, 0) is 16.6 Å². The summed E-state index contributed by atoms with van der Waals surface area (Å²) in [6.07, 6.45) is 0.743. The van der Waals surface area contributed by atoms with Crippen LogP contribution in [0.4, 0.5) is 0 Å². The first-order chi connectivity index (χ1) is 11.6. The van der Waals surface area contributed by atoms with E-state index in [1.165, 1.54) is 6.07 Å². The number of sulfonamides is 1. The minimum Gasteiger partial charge on any atom is -0.486 e. The summed E-state index contributed by atoms with van der Waals surface area (Å²) in [7, 11) is -3.49. The molecule has 0 bridgehead atoms. The van der Waals surface area contributed by atoms with Crippen LogP contribution in [0.2, 0.25) is 0 Å². The van der Waals surface area contributed by atoms with Gasteiger partial charge in [-0.3, -0.25) is 0 Å². The maximum atomic E-state index is 12.2. The molecular weight excluding hydrogens is 344 g/mol. The second-order valence-electron chi connectivity index (χ2n) is 5.24. The minimum atomic E-state index is -3.49. The third kappa shape index (κ3) is 3.92. The van der Waals surface area contributed by atoms with E-state index in [0.717, 1.165) is 21.6 Å². The van der Waals surface area contributed by atoms with Crippen molar-refractivity contribution in [2.24, 2.45) is 0 Å². The van der Waals surface area contributed by atoms with Crippen molar-refractivity contribution < 1.29 is 13.2 Å². The monoisotopic (exact) mass is 362 g/mol. The maximum absolute atomic E-state index is 12.2. The second-order valence-corrected chi connectivity index (χ2v) is 8.12. The first-order valence-electron chi connectivity index (χ1n) is 7.65. The molecule has 0 saturated carbocycles. The zero-order valence-electron chi connectivity index (χ0n) is 13.2. The molecule has 0 radical (unpaired) electrons. The number of nitrogens with zero attached hydrogens (tertiary/aromatic N) is 1. The van der Waals surface area contributed by atoms with Gasteiger partial charge in [0.2, 0.25) is 10.0 Å². The van der Waals surface area contributed by atoms with Crippen molar-refractivity contribution >= 4 is 31.6 Å². The number of rotatable bonds is 7. The summed E-state index contributed by atoms with van der Waals surface area (Å²) >= 11 is 1.57. The highest BCUT2D eigenvalue weighted by Gasteiger charge is 2.14. The molecule has 0 spiro atoms. The van der Waals surface area contributed by atoms with E-state index in [9.17, 15) is 8.42 Å². The van der Waals surface area contributed by atoms with E-state index in [-0.39, 0.29) is 4.90 Å². The first kappa shape index (κ1) is 16.9. The summed E-state index contributed by atoms with van der Waals surface area (Å²) in [6.45, 7) is 2.64. The molecule has 1 heterocycles. The van der Waals surface area contributed by atoms with Gasteiger partial charge >= 0.3 is 0 Å². The fourth-order valence-electron chi connectivity index (χ4n) is 2.18. The van der Waals surface area contributed by atoms with Gasteiger partial charge in [0.25, 0.3) is 0 Å². The number of para-hydroxylation sites is 1. The predicted molar refractivity (Wildman–Crippen MR) is 95.9 cm³/mol. The van der Waals surface area contributed by atoms with Gasteiger partial charge in [-0.15, -0.1) is 11.3 Å². The van der Waals surface area contributed by atoms with E-state index in [1.54, 1.807) is 29.5 Å². The molecule has 0 fully saturated rings. The largest absolute Gasteiger partial charge is 0.486 e. The van der Waals surface area contributed by atoms with E-state index >= 15 is 0 Å². The van der Waals surface area contributed by atoms with Crippen LogP contribution in [0.5, 0.6) is 5.75 Å². The normalized spacial score (nSPS) is 11.7. The highest BCUT2D eigenvalue weighted by atomic mass is 32.2. The quantitative estimate of drug-likeness (QED) is 0.698. The summed E-state index contributed by atoms with van der Waals surface area (Å²) in [5.41, 5.74) is 0.946. The molecule has 0 aliphatic heterocycles. The summed E-state index contributed by atoms with van der Waals surface area (Å²) in [6, 6.07) is 14.4. The zero-order chi connectivity index (χ0) is 17.0. The topological polar surface area (TPSA) is 68.3 Å². The molecule has 3 rings (SSSR count). The van der Waals surface area contributed by atoms with Crippen LogP contribution in [0.25, 0.3) is 10.2 Å². The van der Waals surface area contributed by atoms with Crippen molar-refractivity contribution in [3.8, 4) is 5.75 Å². The standard InChI is InChI=1S/C17H18N2O3S2/c1-2-10-18-24(20,21)14-7-5-6-13(11-14)22-12-17-19-15-8-3-4-9-16(15)23-17/h3-9,11,18H,2,10,12H2,1H3. The first-order valence-corrected chi connectivity index (χ1v) is 9.95. The van der Waals surface area contributed by atoms with Crippen molar-refractivity contribution in [2.45, 2.75) is 24.8 Å². The number of ether oxygens (including phenoxy) is 1. The Bertz CT molecular complexity index is 903. The lowest BCUT2D eigenvalue weighted by atomic mass is 10.3. The molecule has 0 aliphatic carbocycles. The van der Waals surface area contributed by atoms with E-state index in [1.807, 2.05) is 31.2 Å². The van der Waals surface area contributed by atoms with E-state index in [4.69, 9.17) is 4.74 Å². The Kier molecular flexibility index (Phi) is 5.13. The predicted octanol–water partition coefficient (Wildman–Crippen LogP) is 3.56. The number of thiazole rings is 1. The zero-order valence-corrected chi connectivity index (χ0v) is 14.9. The average Bonchev–Trinajstić information content (AvgIpc) is 3.01. The molecule has 0 unspecified atom stereocenters.